The normalized spacial score (nSPS) is 15.8. The molecule has 1 fully saturated rings. The zero-order chi connectivity index (χ0) is 13.8. The van der Waals surface area contributed by atoms with Crippen molar-refractivity contribution in [3.05, 3.63) is 65.7 Å². The van der Waals surface area contributed by atoms with Crippen LogP contribution in [0.3, 0.4) is 0 Å². The van der Waals surface area contributed by atoms with Gasteiger partial charge in [0.05, 0.1) is 0 Å². The van der Waals surface area contributed by atoms with E-state index in [0.29, 0.717) is 6.61 Å². The summed E-state index contributed by atoms with van der Waals surface area (Å²) in [5.74, 6) is 1.75. The lowest BCUT2D eigenvalue weighted by atomic mass is 10.0. The highest BCUT2D eigenvalue weighted by molar-refractivity contribution is 5.31. The van der Waals surface area contributed by atoms with Gasteiger partial charge in [-0.1, -0.05) is 55.3 Å². The Morgan fingerprint density at radius 2 is 1.85 bits per heavy atom. The van der Waals surface area contributed by atoms with Gasteiger partial charge in [-0.05, 0) is 35.6 Å². The van der Waals surface area contributed by atoms with E-state index in [2.05, 4.69) is 24.3 Å². The van der Waals surface area contributed by atoms with Gasteiger partial charge in [0.25, 0.3) is 0 Å². The minimum atomic E-state index is 0.141. The van der Waals surface area contributed by atoms with Crippen LogP contribution in [0.25, 0.3) is 0 Å². The van der Waals surface area contributed by atoms with Gasteiger partial charge in [0, 0.05) is 6.04 Å². The van der Waals surface area contributed by atoms with E-state index in [0.717, 1.165) is 18.1 Å². The molecule has 1 aliphatic carbocycles. The molecule has 104 valence electrons. The monoisotopic (exact) mass is 267 g/mol. The summed E-state index contributed by atoms with van der Waals surface area (Å²) in [4.78, 5) is 0. The molecular formula is C18H21NO. The standard InChI is InChI=1S/C18H21NO/c19-18(11-14-9-10-14)16-7-4-8-17(12-16)20-13-15-5-2-1-3-6-15/h1-8,12,14,18H,9-11,13,19H2/t18-/m1/s1. The molecule has 3 rings (SSSR count). The van der Waals surface area contributed by atoms with Crippen molar-refractivity contribution in [1.29, 1.82) is 0 Å². The molecule has 0 unspecified atom stereocenters. The fraction of sp³-hybridized carbons (Fsp3) is 0.333. The fourth-order valence-electron chi connectivity index (χ4n) is 2.42. The molecule has 2 nitrogen and oxygen atoms in total. The first-order chi connectivity index (χ1) is 9.81. The summed E-state index contributed by atoms with van der Waals surface area (Å²) in [6.07, 6.45) is 3.79. The van der Waals surface area contributed by atoms with Crippen molar-refractivity contribution in [3.8, 4) is 5.75 Å². The lowest BCUT2D eigenvalue weighted by molar-refractivity contribution is 0.305. The van der Waals surface area contributed by atoms with Crippen LogP contribution in [0.4, 0.5) is 0 Å². The summed E-state index contributed by atoms with van der Waals surface area (Å²) in [6, 6.07) is 18.6. The first kappa shape index (κ1) is 13.2. The number of rotatable bonds is 6. The maximum Gasteiger partial charge on any atom is 0.120 e. The Morgan fingerprint density at radius 1 is 1.05 bits per heavy atom. The third-order valence-corrected chi connectivity index (χ3v) is 3.82. The molecule has 2 aromatic carbocycles. The van der Waals surface area contributed by atoms with Crippen molar-refractivity contribution < 1.29 is 4.74 Å². The van der Waals surface area contributed by atoms with Gasteiger partial charge in [-0.3, -0.25) is 0 Å². The van der Waals surface area contributed by atoms with E-state index in [9.17, 15) is 0 Å². The number of hydrogen-bond donors (Lipinski definition) is 1. The molecule has 20 heavy (non-hydrogen) atoms. The highest BCUT2D eigenvalue weighted by atomic mass is 16.5. The molecule has 1 saturated carbocycles. The van der Waals surface area contributed by atoms with E-state index in [1.165, 1.54) is 24.0 Å². The minimum absolute atomic E-state index is 0.141. The number of ether oxygens (including phenoxy) is 1. The number of nitrogens with two attached hydrogens (primary N) is 1. The maximum atomic E-state index is 6.26. The Morgan fingerprint density at radius 3 is 2.60 bits per heavy atom. The Labute approximate surface area is 120 Å². The molecule has 2 aromatic rings. The lowest BCUT2D eigenvalue weighted by Gasteiger charge is -2.13. The third kappa shape index (κ3) is 3.61. The van der Waals surface area contributed by atoms with Gasteiger partial charge in [0.15, 0.2) is 0 Å². The van der Waals surface area contributed by atoms with E-state index in [4.69, 9.17) is 10.5 Å². The molecule has 2 heteroatoms. The molecule has 0 bridgehead atoms. The molecule has 0 amide bonds. The van der Waals surface area contributed by atoms with Gasteiger partial charge in [-0.2, -0.15) is 0 Å². The van der Waals surface area contributed by atoms with E-state index < -0.39 is 0 Å². The zero-order valence-corrected chi connectivity index (χ0v) is 11.7. The second-order valence-corrected chi connectivity index (χ2v) is 5.63. The molecule has 0 saturated heterocycles. The molecular weight excluding hydrogens is 246 g/mol. The number of hydrogen-bond acceptors (Lipinski definition) is 2. The van der Waals surface area contributed by atoms with Crippen LogP contribution in [-0.2, 0) is 6.61 Å². The highest BCUT2D eigenvalue weighted by Gasteiger charge is 2.24. The minimum Gasteiger partial charge on any atom is -0.489 e. The van der Waals surface area contributed by atoms with Crippen molar-refractivity contribution in [2.75, 3.05) is 0 Å². The highest BCUT2D eigenvalue weighted by Crippen LogP contribution is 2.37. The van der Waals surface area contributed by atoms with Gasteiger partial charge in [0.1, 0.15) is 12.4 Å². The Hall–Kier alpha value is -1.80. The van der Waals surface area contributed by atoms with Crippen molar-refractivity contribution in [3.63, 3.8) is 0 Å². The van der Waals surface area contributed by atoms with Gasteiger partial charge >= 0.3 is 0 Å². The Kier molecular flexibility index (Phi) is 4.03. The van der Waals surface area contributed by atoms with Crippen molar-refractivity contribution in [1.82, 2.24) is 0 Å². The predicted molar refractivity (Wildman–Crippen MR) is 81.5 cm³/mol. The van der Waals surface area contributed by atoms with E-state index in [1.807, 2.05) is 30.3 Å². The average molecular weight is 267 g/mol. The zero-order valence-electron chi connectivity index (χ0n) is 11.7. The predicted octanol–water partition coefficient (Wildman–Crippen LogP) is 4.07. The average Bonchev–Trinajstić information content (AvgIpc) is 3.30. The first-order valence-corrected chi connectivity index (χ1v) is 7.33. The van der Waals surface area contributed by atoms with Crippen molar-refractivity contribution >= 4 is 0 Å². The molecule has 1 aliphatic rings. The van der Waals surface area contributed by atoms with Gasteiger partial charge in [-0.25, -0.2) is 0 Å². The smallest absolute Gasteiger partial charge is 0.120 e. The molecule has 0 heterocycles. The van der Waals surface area contributed by atoms with Gasteiger partial charge < -0.3 is 10.5 Å². The van der Waals surface area contributed by atoms with E-state index >= 15 is 0 Å². The van der Waals surface area contributed by atoms with Crippen LogP contribution in [0.2, 0.25) is 0 Å². The Balaban J connectivity index is 1.61. The topological polar surface area (TPSA) is 35.2 Å². The van der Waals surface area contributed by atoms with Gasteiger partial charge in [-0.15, -0.1) is 0 Å². The summed E-state index contributed by atoms with van der Waals surface area (Å²) in [6.45, 7) is 0.599. The summed E-state index contributed by atoms with van der Waals surface area (Å²) in [5, 5.41) is 0. The van der Waals surface area contributed by atoms with E-state index in [-0.39, 0.29) is 6.04 Å². The van der Waals surface area contributed by atoms with Crippen LogP contribution in [0.1, 0.15) is 36.4 Å². The second-order valence-electron chi connectivity index (χ2n) is 5.63. The third-order valence-electron chi connectivity index (χ3n) is 3.82. The largest absolute Gasteiger partial charge is 0.489 e. The van der Waals surface area contributed by atoms with Crippen LogP contribution >= 0.6 is 0 Å². The van der Waals surface area contributed by atoms with Crippen LogP contribution < -0.4 is 10.5 Å². The summed E-state index contributed by atoms with van der Waals surface area (Å²) in [7, 11) is 0. The molecule has 1 atom stereocenters. The fourth-order valence-corrected chi connectivity index (χ4v) is 2.42. The van der Waals surface area contributed by atoms with Gasteiger partial charge in [0.2, 0.25) is 0 Å². The van der Waals surface area contributed by atoms with Crippen LogP contribution in [0.15, 0.2) is 54.6 Å². The number of benzene rings is 2. The lowest BCUT2D eigenvalue weighted by Crippen LogP contribution is -2.11. The van der Waals surface area contributed by atoms with E-state index in [1.54, 1.807) is 0 Å². The first-order valence-electron chi connectivity index (χ1n) is 7.33. The van der Waals surface area contributed by atoms with Crippen LogP contribution in [0.5, 0.6) is 5.75 Å². The second kappa shape index (κ2) is 6.10. The van der Waals surface area contributed by atoms with Crippen molar-refractivity contribution in [2.24, 2.45) is 11.7 Å². The van der Waals surface area contributed by atoms with Crippen molar-refractivity contribution in [2.45, 2.75) is 31.9 Å². The molecule has 0 aromatic heterocycles. The summed E-state index contributed by atoms with van der Waals surface area (Å²) in [5.41, 5.74) is 8.62. The quantitative estimate of drug-likeness (QED) is 0.856. The molecule has 0 spiro atoms. The van der Waals surface area contributed by atoms with Crippen LogP contribution in [0, 0.1) is 5.92 Å². The molecule has 2 N–H and O–H groups in total. The summed E-state index contributed by atoms with van der Waals surface area (Å²) >= 11 is 0. The molecule has 0 radical (unpaired) electrons. The molecule has 0 aliphatic heterocycles. The summed E-state index contributed by atoms with van der Waals surface area (Å²) < 4.78 is 5.85. The maximum absolute atomic E-state index is 6.26. The Bertz CT molecular complexity index is 548. The SMILES string of the molecule is N[C@H](CC1CC1)c1cccc(OCc2ccccc2)c1. The van der Waals surface area contributed by atoms with Crippen LogP contribution in [-0.4, -0.2) is 0 Å².